The fraction of sp³-hybridized carbons (Fsp3) is 0.929. The minimum Gasteiger partial charge on any atom is -0.303 e. The second-order valence-electron chi connectivity index (χ2n) is 6.90. The fourth-order valence-electron chi connectivity index (χ4n) is 2.24. The minimum absolute atomic E-state index is 0.167. The molecule has 2 heteroatoms. The first kappa shape index (κ1) is 13.5. The summed E-state index contributed by atoms with van der Waals surface area (Å²) < 4.78 is 0. The van der Waals surface area contributed by atoms with Crippen molar-refractivity contribution in [2.75, 3.05) is 19.6 Å². The molecule has 0 radical (unpaired) electrons. The van der Waals surface area contributed by atoms with E-state index >= 15 is 0 Å². The second kappa shape index (κ2) is 4.75. The van der Waals surface area contributed by atoms with E-state index in [1.807, 2.05) is 13.8 Å². The highest BCUT2D eigenvalue weighted by Crippen LogP contribution is 2.34. The van der Waals surface area contributed by atoms with Crippen LogP contribution in [0.25, 0.3) is 0 Å². The van der Waals surface area contributed by atoms with Gasteiger partial charge in [-0.1, -0.05) is 20.8 Å². The van der Waals surface area contributed by atoms with Gasteiger partial charge in [0.05, 0.1) is 11.5 Å². The van der Waals surface area contributed by atoms with Crippen LogP contribution >= 0.6 is 0 Å². The van der Waals surface area contributed by atoms with Crippen LogP contribution < -0.4 is 0 Å². The monoisotopic (exact) mass is 222 g/mol. The van der Waals surface area contributed by atoms with Crippen molar-refractivity contribution < 1.29 is 0 Å². The van der Waals surface area contributed by atoms with E-state index in [1.165, 1.54) is 19.5 Å². The van der Waals surface area contributed by atoms with Gasteiger partial charge in [-0.3, -0.25) is 0 Å². The average Bonchev–Trinajstić information content (AvgIpc) is 2.63. The van der Waals surface area contributed by atoms with E-state index in [4.69, 9.17) is 5.26 Å². The van der Waals surface area contributed by atoms with E-state index in [1.54, 1.807) is 0 Å². The number of hydrogen-bond donors (Lipinski definition) is 0. The molecule has 16 heavy (non-hydrogen) atoms. The van der Waals surface area contributed by atoms with Gasteiger partial charge < -0.3 is 4.90 Å². The Balaban J connectivity index is 2.36. The molecule has 1 aliphatic heterocycles. The van der Waals surface area contributed by atoms with Crippen molar-refractivity contribution in [1.82, 2.24) is 4.90 Å². The molecule has 0 spiro atoms. The summed E-state index contributed by atoms with van der Waals surface area (Å²) in [6.45, 7) is 14.6. The Bertz CT molecular complexity index is 267. The largest absolute Gasteiger partial charge is 0.303 e. The molecule has 1 rings (SSSR count). The van der Waals surface area contributed by atoms with Gasteiger partial charge in [0.1, 0.15) is 0 Å². The van der Waals surface area contributed by atoms with Crippen molar-refractivity contribution in [3.8, 4) is 6.07 Å². The van der Waals surface area contributed by atoms with Gasteiger partial charge in [0, 0.05) is 6.54 Å². The van der Waals surface area contributed by atoms with Gasteiger partial charge >= 0.3 is 0 Å². The Kier molecular flexibility index (Phi) is 4.02. The lowest BCUT2D eigenvalue weighted by Gasteiger charge is -2.27. The van der Waals surface area contributed by atoms with Crippen molar-refractivity contribution in [3.63, 3.8) is 0 Å². The van der Waals surface area contributed by atoms with Gasteiger partial charge in [0.2, 0.25) is 0 Å². The van der Waals surface area contributed by atoms with Gasteiger partial charge in [-0.2, -0.15) is 5.26 Å². The van der Waals surface area contributed by atoms with Crippen LogP contribution in [0.5, 0.6) is 0 Å². The summed E-state index contributed by atoms with van der Waals surface area (Å²) >= 11 is 0. The van der Waals surface area contributed by atoms with Crippen LogP contribution in [0.15, 0.2) is 0 Å². The van der Waals surface area contributed by atoms with Crippen LogP contribution in [-0.2, 0) is 0 Å². The highest BCUT2D eigenvalue weighted by atomic mass is 15.1. The van der Waals surface area contributed by atoms with Gasteiger partial charge in [0.15, 0.2) is 0 Å². The molecule has 0 N–H and O–H groups in total. The minimum atomic E-state index is -0.167. The molecule has 1 atom stereocenters. The summed E-state index contributed by atoms with van der Waals surface area (Å²) in [4.78, 5) is 2.52. The van der Waals surface area contributed by atoms with Gasteiger partial charge in [-0.25, -0.2) is 0 Å². The number of rotatable bonds is 3. The standard InChI is InChI=1S/C14H26N2/c1-13(2,3)12-6-8-16(10-12)9-7-14(4,5)11-15/h12H,6-10H2,1-5H3. The first-order valence-electron chi connectivity index (χ1n) is 6.38. The van der Waals surface area contributed by atoms with Crippen molar-refractivity contribution in [2.24, 2.45) is 16.7 Å². The van der Waals surface area contributed by atoms with Gasteiger partial charge in [-0.05, 0) is 51.1 Å². The molecule has 0 bridgehead atoms. The van der Waals surface area contributed by atoms with Crippen LogP contribution in [-0.4, -0.2) is 24.5 Å². The Labute approximate surface area is 101 Å². The average molecular weight is 222 g/mol. The molecule has 0 aliphatic carbocycles. The zero-order valence-electron chi connectivity index (χ0n) is 11.5. The van der Waals surface area contributed by atoms with E-state index in [-0.39, 0.29) is 5.41 Å². The number of nitrogens with zero attached hydrogens (tertiary/aromatic N) is 2. The summed E-state index contributed by atoms with van der Waals surface area (Å²) in [6, 6.07) is 2.38. The molecule has 1 unspecified atom stereocenters. The van der Waals surface area contributed by atoms with Crippen molar-refractivity contribution in [2.45, 2.75) is 47.5 Å². The van der Waals surface area contributed by atoms with Crippen LogP contribution in [0.1, 0.15) is 47.5 Å². The normalized spacial score (nSPS) is 23.4. The maximum atomic E-state index is 8.98. The Morgan fingerprint density at radius 3 is 2.31 bits per heavy atom. The van der Waals surface area contributed by atoms with Crippen LogP contribution in [0, 0.1) is 28.1 Å². The summed E-state index contributed by atoms with van der Waals surface area (Å²) in [5.41, 5.74) is 0.263. The summed E-state index contributed by atoms with van der Waals surface area (Å²) in [7, 11) is 0. The number of hydrogen-bond acceptors (Lipinski definition) is 2. The molecule has 92 valence electrons. The summed E-state index contributed by atoms with van der Waals surface area (Å²) in [5, 5.41) is 8.98. The topological polar surface area (TPSA) is 27.0 Å². The van der Waals surface area contributed by atoms with E-state index < -0.39 is 0 Å². The molecule has 1 saturated heterocycles. The molecule has 0 aromatic rings. The predicted octanol–water partition coefficient (Wildman–Crippen LogP) is 3.29. The first-order valence-corrected chi connectivity index (χ1v) is 6.38. The lowest BCUT2D eigenvalue weighted by molar-refractivity contribution is 0.219. The molecule has 0 amide bonds. The Hall–Kier alpha value is -0.550. The van der Waals surface area contributed by atoms with Crippen LogP contribution in [0.3, 0.4) is 0 Å². The molecule has 1 heterocycles. The maximum Gasteiger partial charge on any atom is 0.0684 e. The number of nitriles is 1. The van der Waals surface area contributed by atoms with Crippen molar-refractivity contribution >= 4 is 0 Å². The molecule has 0 saturated carbocycles. The van der Waals surface area contributed by atoms with Gasteiger partial charge in [-0.15, -0.1) is 0 Å². The number of likely N-dealkylation sites (tertiary alicyclic amines) is 1. The first-order chi connectivity index (χ1) is 7.24. The lowest BCUT2D eigenvalue weighted by Crippen LogP contribution is -2.28. The SMILES string of the molecule is CC(C)(C#N)CCN1CCC(C(C)(C)C)C1. The summed E-state index contributed by atoms with van der Waals surface area (Å²) in [6.07, 6.45) is 2.30. The molecule has 0 aromatic heterocycles. The second-order valence-corrected chi connectivity index (χ2v) is 6.90. The van der Waals surface area contributed by atoms with E-state index in [0.717, 1.165) is 18.9 Å². The lowest BCUT2D eigenvalue weighted by atomic mass is 9.80. The third-order valence-electron chi connectivity index (χ3n) is 3.85. The van der Waals surface area contributed by atoms with Gasteiger partial charge in [0.25, 0.3) is 0 Å². The quantitative estimate of drug-likeness (QED) is 0.732. The third-order valence-corrected chi connectivity index (χ3v) is 3.85. The molecule has 0 aromatic carbocycles. The zero-order valence-corrected chi connectivity index (χ0v) is 11.5. The highest BCUT2D eigenvalue weighted by Gasteiger charge is 2.32. The molecule has 2 nitrogen and oxygen atoms in total. The third kappa shape index (κ3) is 3.79. The molecular formula is C14H26N2. The molecular weight excluding hydrogens is 196 g/mol. The highest BCUT2D eigenvalue weighted by molar-refractivity contribution is 4.93. The molecule has 1 aliphatic rings. The predicted molar refractivity (Wildman–Crippen MR) is 68.0 cm³/mol. The fourth-order valence-corrected chi connectivity index (χ4v) is 2.24. The van der Waals surface area contributed by atoms with Crippen molar-refractivity contribution in [1.29, 1.82) is 5.26 Å². The maximum absolute atomic E-state index is 8.98. The molecule has 1 fully saturated rings. The van der Waals surface area contributed by atoms with Crippen molar-refractivity contribution in [3.05, 3.63) is 0 Å². The summed E-state index contributed by atoms with van der Waals surface area (Å²) in [5.74, 6) is 0.817. The van der Waals surface area contributed by atoms with Crippen LogP contribution in [0.2, 0.25) is 0 Å². The Morgan fingerprint density at radius 2 is 1.88 bits per heavy atom. The van der Waals surface area contributed by atoms with E-state index in [9.17, 15) is 0 Å². The van der Waals surface area contributed by atoms with Crippen LogP contribution in [0.4, 0.5) is 0 Å². The Morgan fingerprint density at radius 1 is 1.25 bits per heavy atom. The zero-order chi connectivity index (χ0) is 12.4. The smallest absolute Gasteiger partial charge is 0.0684 e. The van der Waals surface area contributed by atoms with E-state index in [0.29, 0.717) is 5.41 Å². The van der Waals surface area contributed by atoms with E-state index in [2.05, 4.69) is 31.7 Å².